The van der Waals surface area contributed by atoms with Crippen molar-refractivity contribution < 1.29 is 0 Å². The molecular formula is C11H22N2. The van der Waals surface area contributed by atoms with Gasteiger partial charge in [-0.1, -0.05) is 6.58 Å². The van der Waals surface area contributed by atoms with Gasteiger partial charge in [0.15, 0.2) is 0 Å². The maximum absolute atomic E-state index is 4.20. The van der Waals surface area contributed by atoms with Crippen LogP contribution in [0.5, 0.6) is 0 Å². The zero-order chi connectivity index (χ0) is 9.84. The maximum Gasteiger partial charge on any atom is 0.0227 e. The third kappa shape index (κ3) is 2.73. The Morgan fingerprint density at radius 3 is 2.38 bits per heavy atom. The van der Waals surface area contributed by atoms with Crippen LogP contribution < -0.4 is 5.32 Å². The van der Waals surface area contributed by atoms with E-state index in [0.717, 1.165) is 13.1 Å². The minimum Gasteiger partial charge on any atom is -0.376 e. The molecule has 0 aromatic carbocycles. The third-order valence-electron chi connectivity index (χ3n) is 3.04. The lowest BCUT2D eigenvalue weighted by Gasteiger charge is -2.33. The van der Waals surface area contributed by atoms with Crippen molar-refractivity contribution in [1.29, 1.82) is 0 Å². The quantitative estimate of drug-likeness (QED) is 0.716. The van der Waals surface area contributed by atoms with Crippen LogP contribution in [0.4, 0.5) is 0 Å². The van der Waals surface area contributed by atoms with E-state index in [9.17, 15) is 0 Å². The maximum atomic E-state index is 4.20. The predicted octanol–water partition coefficient (Wildman–Crippen LogP) is 1.84. The second-order valence-electron chi connectivity index (χ2n) is 4.22. The van der Waals surface area contributed by atoms with Crippen LogP contribution >= 0.6 is 0 Å². The number of nitrogens with one attached hydrogen (secondary N) is 1. The van der Waals surface area contributed by atoms with Gasteiger partial charge in [0.25, 0.3) is 0 Å². The van der Waals surface area contributed by atoms with Gasteiger partial charge in [-0.25, -0.2) is 0 Å². The number of allylic oxidation sites excluding steroid dienone is 1. The Balaban J connectivity index is 2.45. The van der Waals surface area contributed by atoms with Crippen LogP contribution in [-0.4, -0.2) is 31.1 Å². The fourth-order valence-electron chi connectivity index (χ4n) is 1.77. The summed E-state index contributed by atoms with van der Waals surface area (Å²) in [7, 11) is 2.15. The average molecular weight is 182 g/mol. The number of hydrogen-bond donors (Lipinski definition) is 1. The molecule has 76 valence electrons. The van der Waals surface area contributed by atoms with Gasteiger partial charge in [0.05, 0.1) is 0 Å². The van der Waals surface area contributed by atoms with Gasteiger partial charge in [-0.2, -0.15) is 0 Å². The molecule has 0 bridgehead atoms. The molecule has 0 radical (unpaired) electrons. The number of piperidine rings is 1. The van der Waals surface area contributed by atoms with Crippen LogP contribution in [0.3, 0.4) is 0 Å². The molecule has 1 saturated heterocycles. The summed E-state index contributed by atoms with van der Waals surface area (Å²) in [5, 5.41) is 3.38. The largest absolute Gasteiger partial charge is 0.376 e. The molecule has 0 spiro atoms. The predicted molar refractivity (Wildman–Crippen MR) is 57.6 cm³/mol. The molecule has 2 nitrogen and oxygen atoms in total. The van der Waals surface area contributed by atoms with Crippen LogP contribution in [0.15, 0.2) is 12.3 Å². The normalized spacial score (nSPS) is 19.1. The van der Waals surface area contributed by atoms with Crippen molar-refractivity contribution in [1.82, 2.24) is 10.2 Å². The molecule has 0 amide bonds. The van der Waals surface area contributed by atoms with E-state index < -0.39 is 0 Å². The Morgan fingerprint density at radius 1 is 1.38 bits per heavy atom. The zero-order valence-electron chi connectivity index (χ0n) is 9.14. The summed E-state index contributed by atoms with van der Waals surface area (Å²) in [4.78, 5) is 2.30. The van der Waals surface area contributed by atoms with Gasteiger partial charge in [-0.05, 0) is 39.8 Å². The van der Waals surface area contributed by atoms with Crippen molar-refractivity contribution in [2.45, 2.75) is 32.7 Å². The van der Waals surface area contributed by atoms with E-state index in [0.29, 0.717) is 12.0 Å². The van der Waals surface area contributed by atoms with Gasteiger partial charge in [-0.15, -0.1) is 0 Å². The van der Waals surface area contributed by atoms with Crippen molar-refractivity contribution in [2.24, 2.45) is 5.92 Å². The minimum absolute atomic E-state index is 0.572. The lowest BCUT2D eigenvalue weighted by Crippen LogP contribution is -2.35. The molecular weight excluding hydrogens is 160 g/mol. The van der Waals surface area contributed by atoms with Crippen LogP contribution in [0.1, 0.15) is 26.7 Å². The van der Waals surface area contributed by atoms with E-state index >= 15 is 0 Å². The number of rotatable bonds is 3. The molecule has 0 saturated carbocycles. The van der Waals surface area contributed by atoms with Gasteiger partial charge < -0.3 is 10.2 Å². The average Bonchev–Trinajstić information content (AvgIpc) is 2.17. The molecule has 0 unspecified atom stereocenters. The van der Waals surface area contributed by atoms with Gasteiger partial charge in [0, 0.05) is 24.7 Å². The molecule has 13 heavy (non-hydrogen) atoms. The van der Waals surface area contributed by atoms with Gasteiger partial charge in [-0.3, -0.25) is 0 Å². The molecule has 1 fully saturated rings. The second kappa shape index (κ2) is 4.66. The highest BCUT2D eigenvalue weighted by Crippen LogP contribution is 2.23. The van der Waals surface area contributed by atoms with Gasteiger partial charge >= 0.3 is 0 Å². The van der Waals surface area contributed by atoms with E-state index in [2.05, 4.69) is 37.7 Å². The molecule has 1 aliphatic rings. The highest BCUT2D eigenvalue weighted by molar-refractivity contribution is 5.01. The molecule has 1 aliphatic heterocycles. The SMILES string of the molecule is C=C(C1CCNCC1)N(C)C(C)C. The molecule has 0 aromatic rings. The molecule has 2 heteroatoms. The topological polar surface area (TPSA) is 15.3 Å². The summed E-state index contributed by atoms with van der Waals surface area (Å²) < 4.78 is 0. The smallest absolute Gasteiger partial charge is 0.0227 e. The van der Waals surface area contributed by atoms with Crippen LogP contribution in [-0.2, 0) is 0 Å². The summed E-state index contributed by atoms with van der Waals surface area (Å²) in [6.07, 6.45) is 2.49. The van der Waals surface area contributed by atoms with E-state index in [-0.39, 0.29) is 0 Å². The fourth-order valence-corrected chi connectivity index (χ4v) is 1.77. The van der Waals surface area contributed by atoms with Crippen LogP contribution in [0.25, 0.3) is 0 Å². The standard InChI is InChI=1S/C11H22N2/c1-9(2)13(4)10(3)11-5-7-12-8-6-11/h9,11-12H,3,5-8H2,1-2,4H3. The van der Waals surface area contributed by atoms with Crippen molar-refractivity contribution in [3.05, 3.63) is 12.3 Å². The fraction of sp³-hybridized carbons (Fsp3) is 0.818. The summed E-state index contributed by atoms with van der Waals surface area (Å²) in [5.74, 6) is 0.702. The van der Waals surface area contributed by atoms with Crippen molar-refractivity contribution in [3.8, 4) is 0 Å². The Labute approximate surface area is 82.0 Å². The van der Waals surface area contributed by atoms with Gasteiger partial charge in [0.2, 0.25) is 0 Å². The molecule has 0 aromatic heterocycles. The van der Waals surface area contributed by atoms with E-state index in [1.54, 1.807) is 0 Å². The lowest BCUT2D eigenvalue weighted by molar-refractivity contribution is 0.274. The zero-order valence-corrected chi connectivity index (χ0v) is 9.14. The van der Waals surface area contributed by atoms with Crippen molar-refractivity contribution >= 4 is 0 Å². The van der Waals surface area contributed by atoms with E-state index in [1.165, 1.54) is 18.5 Å². The molecule has 0 aliphatic carbocycles. The Morgan fingerprint density at radius 2 is 1.92 bits per heavy atom. The first-order valence-corrected chi connectivity index (χ1v) is 5.25. The van der Waals surface area contributed by atoms with Gasteiger partial charge in [0.1, 0.15) is 0 Å². The van der Waals surface area contributed by atoms with Crippen molar-refractivity contribution in [2.75, 3.05) is 20.1 Å². The number of nitrogens with zero attached hydrogens (tertiary/aromatic N) is 1. The molecule has 0 atom stereocenters. The third-order valence-corrected chi connectivity index (χ3v) is 3.04. The molecule has 1 N–H and O–H groups in total. The lowest BCUT2D eigenvalue weighted by atomic mass is 9.94. The Bertz CT molecular complexity index is 169. The van der Waals surface area contributed by atoms with E-state index in [4.69, 9.17) is 0 Å². The van der Waals surface area contributed by atoms with Crippen LogP contribution in [0.2, 0.25) is 0 Å². The summed E-state index contributed by atoms with van der Waals surface area (Å²) in [6, 6.07) is 0.572. The summed E-state index contributed by atoms with van der Waals surface area (Å²) in [6.45, 7) is 10.9. The Kier molecular flexibility index (Phi) is 3.79. The highest BCUT2D eigenvalue weighted by Gasteiger charge is 2.19. The van der Waals surface area contributed by atoms with E-state index in [1.807, 2.05) is 0 Å². The first-order valence-electron chi connectivity index (χ1n) is 5.25. The molecule has 1 rings (SSSR count). The van der Waals surface area contributed by atoms with Crippen molar-refractivity contribution in [3.63, 3.8) is 0 Å². The second-order valence-corrected chi connectivity index (χ2v) is 4.22. The monoisotopic (exact) mass is 182 g/mol. The highest BCUT2D eigenvalue weighted by atomic mass is 15.1. The van der Waals surface area contributed by atoms with Crippen LogP contribution in [0, 0.1) is 5.92 Å². The number of hydrogen-bond acceptors (Lipinski definition) is 2. The molecule has 1 heterocycles. The Hall–Kier alpha value is -0.500. The minimum atomic E-state index is 0.572. The summed E-state index contributed by atoms with van der Waals surface area (Å²) >= 11 is 0. The first kappa shape index (κ1) is 10.6. The summed E-state index contributed by atoms with van der Waals surface area (Å²) in [5.41, 5.74) is 1.32. The first-order chi connectivity index (χ1) is 6.13.